The van der Waals surface area contributed by atoms with Crippen molar-refractivity contribution in [2.45, 2.75) is 123 Å². The van der Waals surface area contributed by atoms with E-state index >= 15 is 0 Å². The quantitative estimate of drug-likeness (QED) is 0.244. The van der Waals surface area contributed by atoms with Crippen molar-refractivity contribution in [2.24, 2.45) is 23.5 Å². The number of nitrogens with one attached hydrogen (secondary N) is 2. The van der Waals surface area contributed by atoms with Crippen LogP contribution in [0.25, 0.3) is 0 Å². The van der Waals surface area contributed by atoms with Gasteiger partial charge < -0.3 is 31.1 Å². The van der Waals surface area contributed by atoms with E-state index in [0.717, 1.165) is 24.8 Å². The standard InChI is InChI=1S/C30H50N4O7/c1-17(2)15-20(35)11-12-22(33-29(40)41-30(5,6)7)28(39)34-14-13-21(18(3)4)24(34)27(38)32-23(25(36)26(31)37)16-19-9-8-10-19/h15,18-19,21-25,36H,8-14,16H2,1-7H3,(H2,31,37)(H,32,38)(H,33,40)/t21-,22+,23?,24+,25?/m1/s1. The fourth-order valence-corrected chi connectivity index (χ4v) is 5.51. The van der Waals surface area contributed by atoms with Crippen molar-refractivity contribution in [3.8, 4) is 0 Å². The second-order valence-corrected chi connectivity index (χ2v) is 13.1. The van der Waals surface area contributed by atoms with Gasteiger partial charge in [-0.1, -0.05) is 38.7 Å². The number of aliphatic hydroxyl groups excluding tert-OH is 1. The van der Waals surface area contributed by atoms with Gasteiger partial charge in [-0.25, -0.2) is 4.79 Å². The minimum absolute atomic E-state index is 0.0178. The number of alkyl carbamates (subject to hydrolysis) is 1. The third-order valence-electron chi connectivity index (χ3n) is 7.78. The zero-order chi connectivity index (χ0) is 31.1. The van der Waals surface area contributed by atoms with E-state index in [1.807, 2.05) is 13.8 Å². The minimum Gasteiger partial charge on any atom is -0.444 e. The summed E-state index contributed by atoms with van der Waals surface area (Å²) in [5, 5.41) is 15.9. The van der Waals surface area contributed by atoms with Crippen molar-refractivity contribution >= 4 is 29.6 Å². The van der Waals surface area contributed by atoms with E-state index in [0.29, 0.717) is 12.8 Å². The van der Waals surface area contributed by atoms with Crippen molar-refractivity contribution < 1.29 is 33.8 Å². The lowest BCUT2D eigenvalue weighted by Gasteiger charge is -2.35. The van der Waals surface area contributed by atoms with E-state index in [2.05, 4.69) is 10.6 Å². The number of hydrogen-bond donors (Lipinski definition) is 4. The number of rotatable bonds is 13. The van der Waals surface area contributed by atoms with Crippen molar-refractivity contribution in [1.82, 2.24) is 15.5 Å². The largest absolute Gasteiger partial charge is 0.444 e. The van der Waals surface area contributed by atoms with Crippen molar-refractivity contribution in [1.29, 1.82) is 0 Å². The highest BCUT2D eigenvalue weighted by atomic mass is 16.6. The summed E-state index contributed by atoms with van der Waals surface area (Å²) in [4.78, 5) is 66.1. The molecule has 41 heavy (non-hydrogen) atoms. The summed E-state index contributed by atoms with van der Waals surface area (Å²) in [6, 6.07) is -2.85. The summed E-state index contributed by atoms with van der Waals surface area (Å²) in [5.74, 6) is -1.93. The summed E-state index contributed by atoms with van der Waals surface area (Å²) in [5.41, 5.74) is 5.40. The van der Waals surface area contributed by atoms with Gasteiger partial charge in [0, 0.05) is 13.0 Å². The van der Waals surface area contributed by atoms with Crippen molar-refractivity contribution in [3.05, 3.63) is 11.6 Å². The normalized spacial score (nSPS) is 21.3. The molecule has 2 unspecified atom stereocenters. The minimum atomic E-state index is -1.55. The van der Waals surface area contributed by atoms with Crippen LogP contribution in [0.1, 0.15) is 93.4 Å². The molecule has 0 spiro atoms. The molecule has 232 valence electrons. The van der Waals surface area contributed by atoms with Gasteiger partial charge in [0.1, 0.15) is 17.7 Å². The van der Waals surface area contributed by atoms with Crippen LogP contribution in [-0.2, 0) is 23.9 Å². The van der Waals surface area contributed by atoms with Crippen LogP contribution < -0.4 is 16.4 Å². The molecule has 11 heteroatoms. The number of carbonyl (C=O) groups excluding carboxylic acids is 5. The zero-order valence-corrected chi connectivity index (χ0v) is 25.7. The molecule has 2 aliphatic rings. The Bertz CT molecular complexity index is 995. The molecule has 0 aromatic heterocycles. The van der Waals surface area contributed by atoms with Crippen LogP contribution in [0.2, 0.25) is 0 Å². The van der Waals surface area contributed by atoms with Gasteiger partial charge in [0.15, 0.2) is 11.9 Å². The predicted molar refractivity (Wildman–Crippen MR) is 154 cm³/mol. The fraction of sp³-hybridized carbons (Fsp3) is 0.767. The molecule has 0 radical (unpaired) electrons. The summed E-state index contributed by atoms with van der Waals surface area (Å²) in [7, 11) is 0. The highest BCUT2D eigenvalue weighted by Gasteiger charge is 2.46. The van der Waals surface area contributed by atoms with Gasteiger partial charge in [-0.2, -0.15) is 0 Å². The van der Waals surface area contributed by atoms with Gasteiger partial charge in [0.05, 0.1) is 6.04 Å². The number of amides is 4. The number of allylic oxidation sites excluding steroid dienone is 2. The van der Waals surface area contributed by atoms with E-state index in [-0.39, 0.29) is 42.9 Å². The Kier molecular flexibility index (Phi) is 12.4. The van der Waals surface area contributed by atoms with E-state index in [4.69, 9.17) is 10.5 Å². The molecule has 1 aliphatic carbocycles. The van der Waals surface area contributed by atoms with Gasteiger partial charge >= 0.3 is 6.09 Å². The number of primary amides is 1. The zero-order valence-electron chi connectivity index (χ0n) is 25.7. The van der Waals surface area contributed by atoms with Crippen LogP contribution in [0, 0.1) is 17.8 Å². The maximum absolute atomic E-state index is 14.0. The van der Waals surface area contributed by atoms with Crippen molar-refractivity contribution in [2.75, 3.05) is 6.54 Å². The first-order valence-corrected chi connectivity index (χ1v) is 14.8. The topological polar surface area (TPSA) is 168 Å². The number of aliphatic hydroxyl groups is 1. The second-order valence-electron chi connectivity index (χ2n) is 13.1. The summed E-state index contributed by atoms with van der Waals surface area (Å²) >= 11 is 0. The molecule has 0 aromatic carbocycles. The molecule has 1 saturated heterocycles. The van der Waals surface area contributed by atoms with Crippen LogP contribution in [0.4, 0.5) is 4.79 Å². The molecule has 5 N–H and O–H groups in total. The molecule has 0 aromatic rings. The van der Waals surface area contributed by atoms with Gasteiger partial charge in [-0.3, -0.25) is 19.2 Å². The van der Waals surface area contributed by atoms with Crippen LogP contribution in [0.5, 0.6) is 0 Å². The molecule has 5 atom stereocenters. The molecule has 1 saturated carbocycles. The average Bonchev–Trinajstić information content (AvgIpc) is 3.26. The molecule has 1 aliphatic heterocycles. The highest BCUT2D eigenvalue weighted by Crippen LogP contribution is 2.34. The molecule has 2 rings (SSSR count). The Balaban J connectivity index is 2.32. The molecule has 1 heterocycles. The monoisotopic (exact) mass is 578 g/mol. The van der Waals surface area contributed by atoms with Gasteiger partial charge in [0.25, 0.3) is 0 Å². The number of carbonyl (C=O) groups is 5. The lowest BCUT2D eigenvalue weighted by molar-refractivity contribution is -0.142. The number of likely N-dealkylation sites (tertiary alicyclic amines) is 1. The Morgan fingerprint density at radius 2 is 1.71 bits per heavy atom. The van der Waals surface area contributed by atoms with Crippen LogP contribution >= 0.6 is 0 Å². The van der Waals surface area contributed by atoms with E-state index in [1.165, 1.54) is 11.0 Å². The molecule has 0 bridgehead atoms. The third kappa shape index (κ3) is 10.4. The first kappa shape index (κ1) is 34.3. The molecular weight excluding hydrogens is 528 g/mol. The number of nitrogens with zero attached hydrogens (tertiary/aromatic N) is 1. The number of ether oxygens (including phenoxy) is 1. The van der Waals surface area contributed by atoms with Crippen molar-refractivity contribution in [3.63, 3.8) is 0 Å². The second kappa shape index (κ2) is 14.8. The predicted octanol–water partition coefficient (Wildman–Crippen LogP) is 2.59. The smallest absolute Gasteiger partial charge is 0.408 e. The van der Waals surface area contributed by atoms with Crippen LogP contribution in [0.3, 0.4) is 0 Å². The van der Waals surface area contributed by atoms with Gasteiger partial charge in [0.2, 0.25) is 17.7 Å². The maximum Gasteiger partial charge on any atom is 0.408 e. The molecule has 11 nitrogen and oxygen atoms in total. The first-order chi connectivity index (χ1) is 19.0. The number of hydrogen-bond acceptors (Lipinski definition) is 7. The van der Waals surface area contributed by atoms with Gasteiger partial charge in [-0.05, 0) is 77.7 Å². The van der Waals surface area contributed by atoms with Crippen LogP contribution in [0.15, 0.2) is 11.6 Å². The lowest BCUT2D eigenvalue weighted by Crippen LogP contribution is -2.59. The SMILES string of the molecule is CC(C)=CC(=O)CC[C@H](NC(=O)OC(C)(C)C)C(=O)N1CC[C@H](C(C)C)[C@H]1C(=O)NC(CC1CCC1)C(O)C(N)=O. The summed E-state index contributed by atoms with van der Waals surface area (Å²) in [6.45, 7) is 12.9. The van der Waals surface area contributed by atoms with Crippen LogP contribution in [-0.4, -0.2) is 76.0 Å². The third-order valence-corrected chi connectivity index (χ3v) is 7.78. The Labute approximate surface area is 244 Å². The van der Waals surface area contributed by atoms with E-state index in [9.17, 15) is 29.1 Å². The lowest BCUT2D eigenvalue weighted by atomic mass is 9.79. The maximum atomic E-state index is 14.0. The fourth-order valence-electron chi connectivity index (χ4n) is 5.51. The molecule has 4 amide bonds. The number of nitrogens with two attached hydrogens (primary N) is 1. The Morgan fingerprint density at radius 3 is 2.20 bits per heavy atom. The average molecular weight is 579 g/mol. The summed E-state index contributed by atoms with van der Waals surface area (Å²) < 4.78 is 5.37. The Morgan fingerprint density at radius 1 is 1.07 bits per heavy atom. The number of ketones is 1. The summed E-state index contributed by atoms with van der Waals surface area (Å²) in [6.07, 6.45) is 3.12. The molecular formula is C30H50N4O7. The van der Waals surface area contributed by atoms with E-state index < -0.39 is 53.6 Å². The first-order valence-electron chi connectivity index (χ1n) is 14.8. The molecule has 2 fully saturated rings. The van der Waals surface area contributed by atoms with E-state index in [1.54, 1.807) is 34.6 Å². The van der Waals surface area contributed by atoms with Gasteiger partial charge in [-0.15, -0.1) is 0 Å². The highest BCUT2D eigenvalue weighted by molar-refractivity contribution is 5.94. The Hall–Kier alpha value is -2.95.